The van der Waals surface area contributed by atoms with Gasteiger partial charge in [0.2, 0.25) is 0 Å². The molecule has 0 saturated carbocycles. The molecule has 28 heavy (non-hydrogen) atoms. The van der Waals surface area contributed by atoms with E-state index in [0.29, 0.717) is 36.2 Å². The number of fused-ring (bicyclic) bond motifs is 2. The fourth-order valence-electron chi connectivity index (χ4n) is 4.29. The molecule has 1 amide bonds. The Labute approximate surface area is 169 Å². The second kappa shape index (κ2) is 7.70. The average molecular weight is 402 g/mol. The minimum absolute atomic E-state index is 0.0964. The highest BCUT2D eigenvalue weighted by Gasteiger charge is 2.32. The lowest BCUT2D eigenvalue weighted by Gasteiger charge is -2.31. The monoisotopic (exact) mass is 401 g/mol. The van der Waals surface area contributed by atoms with E-state index in [4.69, 9.17) is 15.5 Å². The Morgan fingerprint density at radius 1 is 1.39 bits per heavy atom. The Balaban J connectivity index is 1.60. The van der Waals surface area contributed by atoms with E-state index in [-0.39, 0.29) is 17.8 Å². The van der Waals surface area contributed by atoms with Gasteiger partial charge in [-0.2, -0.15) is 0 Å². The number of carbonyl (C=O) groups is 2. The summed E-state index contributed by atoms with van der Waals surface area (Å²) in [5.74, 6) is 0.0923. The van der Waals surface area contributed by atoms with Crippen LogP contribution in [0.2, 0.25) is 0 Å². The topological polar surface area (TPSA) is 85.5 Å². The summed E-state index contributed by atoms with van der Waals surface area (Å²) in [6.45, 7) is 5.46. The SMILES string of the molecule is CCOC(=O)C1CCCN(C(=O)c2sc3nc4c(cc3c2N)CC(C)CC4)C1. The molecule has 1 aliphatic carbocycles. The van der Waals surface area contributed by atoms with Gasteiger partial charge in [-0.3, -0.25) is 9.59 Å². The molecule has 3 heterocycles. The van der Waals surface area contributed by atoms with Gasteiger partial charge in [-0.25, -0.2) is 4.98 Å². The maximum absolute atomic E-state index is 13.2. The minimum atomic E-state index is -0.250. The third-order valence-electron chi connectivity index (χ3n) is 5.85. The number of pyridine rings is 1. The lowest BCUT2D eigenvalue weighted by Crippen LogP contribution is -2.42. The number of nitrogens with zero attached hydrogens (tertiary/aromatic N) is 2. The molecule has 0 spiro atoms. The second-order valence-corrected chi connectivity index (χ2v) is 8.98. The van der Waals surface area contributed by atoms with Crippen LogP contribution in [-0.4, -0.2) is 41.5 Å². The molecule has 2 aromatic heterocycles. The molecule has 0 bridgehead atoms. The van der Waals surface area contributed by atoms with E-state index in [1.54, 1.807) is 11.8 Å². The first kappa shape index (κ1) is 19.2. The molecule has 6 nitrogen and oxygen atoms in total. The van der Waals surface area contributed by atoms with Crippen molar-refractivity contribution >= 4 is 39.1 Å². The molecule has 2 aromatic rings. The number of carbonyl (C=O) groups excluding carboxylic acids is 2. The van der Waals surface area contributed by atoms with E-state index in [1.165, 1.54) is 16.9 Å². The number of amides is 1. The van der Waals surface area contributed by atoms with Gasteiger partial charge < -0.3 is 15.4 Å². The molecule has 2 N–H and O–H groups in total. The number of ether oxygens (including phenoxy) is 1. The number of nitrogens with two attached hydrogens (primary N) is 1. The van der Waals surface area contributed by atoms with Crippen LogP contribution in [-0.2, 0) is 22.4 Å². The van der Waals surface area contributed by atoms with Gasteiger partial charge in [0.05, 0.1) is 18.2 Å². The van der Waals surface area contributed by atoms with Gasteiger partial charge in [-0.1, -0.05) is 6.92 Å². The van der Waals surface area contributed by atoms with Crippen LogP contribution in [0.3, 0.4) is 0 Å². The number of thiophene rings is 1. The molecule has 1 aliphatic heterocycles. The van der Waals surface area contributed by atoms with Gasteiger partial charge in [0.15, 0.2) is 0 Å². The van der Waals surface area contributed by atoms with Crippen molar-refractivity contribution in [3.8, 4) is 0 Å². The predicted octanol–water partition coefficient (Wildman–Crippen LogP) is 3.42. The van der Waals surface area contributed by atoms with E-state index in [9.17, 15) is 9.59 Å². The Bertz CT molecular complexity index is 923. The molecule has 150 valence electrons. The third-order valence-corrected chi connectivity index (χ3v) is 6.96. The van der Waals surface area contributed by atoms with Crippen LogP contribution in [0, 0.1) is 11.8 Å². The van der Waals surface area contributed by atoms with Crippen molar-refractivity contribution < 1.29 is 14.3 Å². The number of aromatic nitrogens is 1. The molecular formula is C21H27N3O3S. The molecule has 1 fully saturated rings. The molecule has 4 rings (SSSR count). The Morgan fingerprint density at radius 3 is 3.00 bits per heavy atom. The summed E-state index contributed by atoms with van der Waals surface area (Å²) in [7, 11) is 0. The van der Waals surface area contributed by atoms with E-state index >= 15 is 0 Å². The largest absolute Gasteiger partial charge is 0.466 e. The Hall–Kier alpha value is -2.15. The summed E-state index contributed by atoms with van der Waals surface area (Å²) in [6.07, 6.45) is 4.72. The maximum atomic E-state index is 13.2. The number of piperidine rings is 1. The van der Waals surface area contributed by atoms with E-state index in [0.717, 1.165) is 48.0 Å². The van der Waals surface area contributed by atoms with Gasteiger partial charge in [0, 0.05) is 24.2 Å². The van der Waals surface area contributed by atoms with Crippen molar-refractivity contribution in [2.45, 2.75) is 46.0 Å². The summed E-state index contributed by atoms with van der Waals surface area (Å²) in [6, 6.07) is 2.13. The highest BCUT2D eigenvalue weighted by molar-refractivity contribution is 7.21. The highest BCUT2D eigenvalue weighted by atomic mass is 32.1. The van der Waals surface area contributed by atoms with Crippen molar-refractivity contribution in [3.63, 3.8) is 0 Å². The fourth-order valence-corrected chi connectivity index (χ4v) is 5.35. The second-order valence-electron chi connectivity index (χ2n) is 7.98. The standard InChI is InChI=1S/C21H27N3O3S/c1-3-27-21(26)13-5-4-8-24(11-13)20(25)18-17(22)15-10-14-9-12(2)6-7-16(14)23-19(15)28-18/h10,12-13H,3-9,11,22H2,1-2H3. The van der Waals surface area contributed by atoms with E-state index < -0.39 is 0 Å². The maximum Gasteiger partial charge on any atom is 0.310 e. The number of aryl methyl sites for hydroxylation is 1. The van der Waals surface area contributed by atoms with Crippen LogP contribution in [0.5, 0.6) is 0 Å². The molecule has 2 atom stereocenters. The summed E-state index contributed by atoms with van der Waals surface area (Å²) >= 11 is 1.38. The van der Waals surface area contributed by atoms with Crippen LogP contribution in [0.4, 0.5) is 5.69 Å². The average Bonchev–Trinajstić information content (AvgIpc) is 3.01. The van der Waals surface area contributed by atoms with Crippen molar-refractivity contribution in [2.75, 3.05) is 25.4 Å². The van der Waals surface area contributed by atoms with Crippen molar-refractivity contribution in [1.82, 2.24) is 9.88 Å². The molecule has 0 radical (unpaired) electrons. The molecule has 2 unspecified atom stereocenters. The third kappa shape index (κ3) is 3.48. The zero-order valence-electron chi connectivity index (χ0n) is 16.5. The van der Waals surface area contributed by atoms with Crippen molar-refractivity contribution in [2.24, 2.45) is 11.8 Å². The predicted molar refractivity (Wildman–Crippen MR) is 110 cm³/mol. The van der Waals surface area contributed by atoms with Gasteiger partial charge in [-0.05, 0) is 56.6 Å². The quantitative estimate of drug-likeness (QED) is 0.797. The number of rotatable bonds is 3. The summed E-state index contributed by atoms with van der Waals surface area (Å²) < 4.78 is 5.14. The fraction of sp³-hybridized carbons (Fsp3) is 0.571. The van der Waals surface area contributed by atoms with Gasteiger partial charge in [0.25, 0.3) is 5.91 Å². The summed E-state index contributed by atoms with van der Waals surface area (Å²) in [5, 5.41) is 0.889. The number of esters is 1. The zero-order valence-corrected chi connectivity index (χ0v) is 17.3. The van der Waals surface area contributed by atoms with Crippen molar-refractivity contribution in [3.05, 3.63) is 22.2 Å². The normalized spacial score (nSPS) is 22.1. The minimum Gasteiger partial charge on any atom is -0.466 e. The van der Waals surface area contributed by atoms with Gasteiger partial charge in [-0.15, -0.1) is 11.3 Å². The van der Waals surface area contributed by atoms with Crippen LogP contribution in [0.15, 0.2) is 6.07 Å². The lowest BCUT2D eigenvalue weighted by molar-refractivity contribution is -0.149. The van der Waals surface area contributed by atoms with Gasteiger partial charge >= 0.3 is 5.97 Å². The van der Waals surface area contributed by atoms with Crippen LogP contribution in [0.1, 0.15) is 54.0 Å². The first-order valence-corrected chi connectivity index (χ1v) is 11.0. The summed E-state index contributed by atoms with van der Waals surface area (Å²) in [5.41, 5.74) is 9.32. The van der Waals surface area contributed by atoms with Crippen LogP contribution >= 0.6 is 11.3 Å². The van der Waals surface area contributed by atoms with Crippen molar-refractivity contribution in [1.29, 1.82) is 0 Å². The molecule has 2 aliphatic rings. The number of likely N-dealkylation sites (tertiary alicyclic amines) is 1. The molecule has 7 heteroatoms. The Morgan fingerprint density at radius 2 is 2.21 bits per heavy atom. The number of anilines is 1. The summed E-state index contributed by atoms with van der Waals surface area (Å²) in [4.78, 5) is 33.2. The first-order valence-electron chi connectivity index (χ1n) is 10.1. The van der Waals surface area contributed by atoms with Crippen LogP contribution < -0.4 is 5.73 Å². The first-order chi connectivity index (χ1) is 13.5. The molecular weight excluding hydrogens is 374 g/mol. The smallest absolute Gasteiger partial charge is 0.310 e. The lowest BCUT2D eigenvalue weighted by atomic mass is 9.87. The van der Waals surface area contributed by atoms with Crippen LogP contribution in [0.25, 0.3) is 10.2 Å². The van der Waals surface area contributed by atoms with E-state index in [1.807, 2.05) is 0 Å². The number of hydrogen-bond donors (Lipinski definition) is 1. The zero-order chi connectivity index (χ0) is 19.8. The van der Waals surface area contributed by atoms with Gasteiger partial charge in [0.1, 0.15) is 9.71 Å². The Kier molecular flexibility index (Phi) is 5.27. The highest BCUT2D eigenvalue weighted by Crippen LogP contribution is 2.37. The molecule has 0 aromatic carbocycles. The van der Waals surface area contributed by atoms with E-state index in [2.05, 4.69) is 13.0 Å². The molecule has 1 saturated heterocycles. The number of hydrogen-bond acceptors (Lipinski definition) is 6. The number of nitrogen functional groups attached to an aromatic ring is 1.